The lowest BCUT2D eigenvalue weighted by Gasteiger charge is -2.13. The molecule has 0 amide bonds. The Hall–Kier alpha value is -1.51. The number of benzene rings is 1. The van der Waals surface area contributed by atoms with Crippen molar-refractivity contribution in [2.45, 2.75) is 0 Å². The van der Waals surface area contributed by atoms with E-state index in [0.717, 1.165) is 5.52 Å². The summed E-state index contributed by atoms with van der Waals surface area (Å²) >= 11 is 0. The highest BCUT2D eigenvalue weighted by Crippen LogP contribution is 2.23. The van der Waals surface area contributed by atoms with Gasteiger partial charge in [-0.25, -0.2) is 4.98 Å². The first kappa shape index (κ1) is 8.10. The number of nitrogens with zero attached hydrogens (tertiary/aromatic N) is 3. The van der Waals surface area contributed by atoms with Crippen molar-refractivity contribution in [1.29, 1.82) is 0 Å². The number of para-hydroxylation sites is 1. The highest BCUT2D eigenvalue weighted by molar-refractivity contribution is 5.88. The number of hydrogen-bond donors (Lipinski definition) is 0. The second-order valence-electron chi connectivity index (χ2n) is 3.39. The van der Waals surface area contributed by atoms with Crippen molar-refractivity contribution in [1.82, 2.24) is 9.55 Å². The minimum absolute atomic E-state index is 1.05. The largest absolute Gasteiger partial charge is 0.376 e. The molecule has 68 valence electrons. The summed E-state index contributed by atoms with van der Waals surface area (Å²) in [5.41, 5.74) is 3.44. The van der Waals surface area contributed by atoms with Gasteiger partial charge in [0.2, 0.25) is 0 Å². The average molecular weight is 175 g/mol. The summed E-state index contributed by atoms with van der Waals surface area (Å²) in [5.74, 6) is 0. The SMILES string of the molecule is CN(C)c1cccc2ncn(C)c12. The zero-order chi connectivity index (χ0) is 9.42. The molecule has 0 spiro atoms. The van der Waals surface area contributed by atoms with E-state index in [0.29, 0.717) is 0 Å². The molecule has 3 heteroatoms. The smallest absolute Gasteiger partial charge is 0.0956 e. The second-order valence-corrected chi connectivity index (χ2v) is 3.39. The van der Waals surface area contributed by atoms with E-state index >= 15 is 0 Å². The van der Waals surface area contributed by atoms with Gasteiger partial charge in [0.1, 0.15) is 0 Å². The van der Waals surface area contributed by atoms with Crippen LogP contribution in [0.15, 0.2) is 24.5 Å². The van der Waals surface area contributed by atoms with Crippen molar-refractivity contribution in [2.24, 2.45) is 7.05 Å². The molecule has 2 aromatic rings. The van der Waals surface area contributed by atoms with E-state index in [2.05, 4.69) is 16.0 Å². The van der Waals surface area contributed by atoms with Gasteiger partial charge >= 0.3 is 0 Å². The molecule has 0 radical (unpaired) electrons. The predicted octanol–water partition coefficient (Wildman–Crippen LogP) is 1.64. The molecule has 0 fully saturated rings. The summed E-state index contributed by atoms with van der Waals surface area (Å²) in [6.45, 7) is 0. The van der Waals surface area contributed by atoms with Crippen molar-refractivity contribution in [3.63, 3.8) is 0 Å². The summed E-state index contributed by atoms with van der Waals surface area (Å²) in [7, 11) is 6.10. The number of imidazole rings is 1. The molecule has 0 aliphatic carbocycles. The molecule has 0 N–H and O–H groups in total. The van der Waals surface area contributed by atoms with Crippen molar-refractivity contribution in [3.8, 4) is 0 Å². The van der Waals surface area contributed by atoms with Gasteiger partial charge in [0.05, 0.1) is 23.0 Å². The topological polar surface area (TPSA) is 21.1 Å². The van der Waals surface area contributed by atoms with E-state index in [4.69, 9.17) is 0 Å². The first-order chi connectivity index (χ1) is 6.20. The van der Waals surface area contributed by atoms with Crippen LogP contribution in [-0.2, 0) is 7.05 Å². The van der Waals surface area contributed by atoms with Crippen LogP contribution in [0.2, 0.25) is 0 Å². The van der Waals surface area contributed by atoms with Crippen LogP contribution in [0.4, 0.5) is 5.69 Å². The number of aryl methyl sites for hydroxylation is 1. The molecule has 0 unspecified atom stereocenters. The minimum atomic E-state index is 1.05. The van der Waals surface area contributed by atoms with E-state index in [9.17, 15) is 0 Å². The minimum Gasteiger partial charge on any atom is -0.376 e. The van der Waals surface area contributed by atoms with Crippen LogP contribution in [0.1, 0.15) is 0 Å². The molecule has 1 aromatic carbocycles. The van der Waals surface area contributed by atoms with Crippen LogP contribution >= 0.6 is 0 Å². The average Bonchev–Trinajstić information content (AvgIpc) is 2.48. The van der Waals surface area contributed by atoms with Crippen LogP contribution in [-0.4, -0.2) is 23.6 Å². The maximum Gasteiger partial charge on any atom is 0.0956 e. The van der Waals surface area contributed by atoms with Crippen LogP contribution in [0.3, 0.4) is 0 Å². The summed E-state index contributed by atoms with van der Waals surface area (Å²) in [6, 6.07) is 6.16. The quantitative estimate of drug-likeness (QED) is 0.657. The molecule has 1 aromatic heterocycles. The molecule has 0 saturated carbocycles. The van der Waals surface area contributed by atoms with Gasteiger partial charge in [-0.15, -0.1) is 0 Å². The Morgan fingerprint density at radius 1 is 1.31 bits per heavy atom. The fraction of sp³-hybridized carbons (Fsp3) is 0.300. The third-order valence-corrected chi connectivity index (χ3v) is 2.20. The summed E-state index contributed by atoms with van der Waals surface area (Å²) < 4.78 is 2.05. The standard InChI is InChI=1S/C10H13N3/c1-12(2)9-6-4-5-8-10(9)13(3)7-11-8/h4-7H,1-3H3. The van der Waals surface area contributed by atoms with Crippen molar-refractivity contribution >= 4 is 16.7 Å². The first-order valence-corrected chi connectivity index (χ1v) is 4.27. The van der Waals surface area contributed by atoms with E-state index in [1.165, 1.54) is 11.2 Å². The fourth-order valence-electron chi connectivity index (χ4n) is 1.55. The van der Waals surface area contributed by atoms with Crippen molar-refractivity contribution in [2.75, 3.05) is 19.0 Å². The van der Waals surface area contributed by atoms with Gasteiger partial charge in [-0.05, 0) is 12.1 Å². The monoisotopic (exact) mass is 175 g/mol. The lowest BCUT2D eigenvalue weighted by Crippen LogP contribution is -2.09. The number of hydrogen-bond acceptors (Lipinski definition) is 2. The van der Waals surface area contributed by atoms with E-state index in [1.54, 1.807) is 0 Å². The first-order valence-electron chi connectivity index (χ1n) is 4.27. The Morgan fingerprint density at radius 2 is 2.08 bits per heavy atom. The fourth-order valence-corrected chi connectivity index (χ4v) is 1.55. The zero-order valence-electron chi connectivity index (χ0n) is 8.15. The highest BCUT2D eigenvalue weighted by Gasteiger charge is 2.05. The summed E-state index contributed by atoms with van der Waals surface area (Å²) in [6.07, 6.45) is 1.84. The highest BCUT2D eigenvalue weighted by atomic mass is 15.1. The number of rotatable bonds is 1. The normalized spacial score (nSPS) is 10.7. The molecule has 0 aliphatic rings. The van der Waals surface area contributed by atoms with Gasteiger partial charge in [0, 0.05) is 21.1 Å². The lowest BCUT2D eigenvalue weighted by atomic mass is 10.2. The Labute approximate surface area is 77.6 Å². The van der Waals surface area contributed by atoms with Gasteiger partial charge in [-0.3, -0.25) is 0 Å². The van der Waals surface area contributed by atoms with Crippen LogP contribution in [0, 0.1) is 0 Å². The van der Waals surface area contributed by atoms with Crippen LogP contribution in [0.5, 0.6) is 0 Å². The van der Waals surface area contributed by atoms with Crippen LogP contribution < -0.4 is 4.90 Å². The van der Waals surface area contributed by atoms with Crippen molar-refractivity contribution in [3.05, 3.63) is 24.5 Å². The van der Waals surface area contributed by atoms with Crippen molar-refractivity contribution < 1.29 is 0 Å². The van der Waals surface area contributed by atoms with E-state index in [-0.39, 0.29) is 0 Å². The Morgan fingerprint density at radius 3 is 2.77 bits per heavy atom. The maximum absolute atomic E-state index is 4.30. The molecule has 2 rings (SSSR count). The Balaban J connectivity index is 2.80. The van der Waals surface area contributed by atoms with E-state index < -0.39 is 0 Å². The zero-order valence-corrected chi connectivity index (χ0v) is 8.15. The molecule has 0 aliphatic heterocycles. The summed E-state index contributed by atoms with van der Waals surface area (Å²) in [5, 5.41) is 0. The lowest BCUT2D eigenvalue weighted by molar-refractivity contribution is 0.943. The maximum atomic E-state index is 4.30. The molecule has 0 saturated heterocycles. The second kappa shape index (κ2) is 2.76. The predicted molar refractivity (Wildman–Crippen MR) is 55.0 cm³/mol. The van der Waals surface area contributed by atoms with Gasteiger partial charge in [-0.1, -0.05) is 6.07 Å². The third-order valence-electron chi connectivity index (χ3n) is 2.20. The molecule has 3 nitrogen and oxygen atoms in total. The van der Waals surface area contributed by atoms with Gasteiger partial charge < -0.3 is 9.47 Å². The number of fused-ring (bicyclic) bond motifs is 1. The summed E-state index contributed by atoms with van der Waals surface area (Å²) in [4.78, 5) is 6.40. The van der Waals surface area contributed by atoms with Gasteiger partial charge in [-0.2, -0.15) is 0 Å². The van der Waals surface area contributed by atoms with Gasteiger partial charge in [0.15, 0.2) is 0 Å². The van der Waals surface area contributed by atoms with Crippen LogP contribution in [0.25, 0.3) is 11.0 Å². The molecule has 1 heterocycles. The van der Waals surface area contributed by atoms with Gasteiger partial charge in [0.25, 0.3) is 0 Å². The van der Waals surface area contributed by atoms with E-state index in [1.807, 2.05) is 44.2 Å². The number of aromatic nitrogens is 2. The molecular formula is C10H13N3. The molecule has 0 bridgehead atoms. The Kier molecular flexibility index (Phi) is 1.72. The third kappa shape index (κ3) is 1.16. The molecule has 13 heavy (non-hydrogen) atoms. The molecular weight excluding hydrogens is 162 g/mol. The Bertz CT molecular complexity index is 429. The number of anilines is 1. The molecule has 0 atom stereocenters.